The van der Waals surface area contributed by atoms with Crippen LogP contribution >= 0.6 is 11.9 Å². The van der Waals surface area contributed by atoms with Crippen molar-refractivity contribution in [1.82, 2.24) is 4.72 Å². The fourth-order valence-corrected chi connectivity index (χ4v) is 0.840. The molecule has 0 fully saturated rings. The maximum Gasteiger partial charge on any atom is 0.456 e. The lowest BCUT2D eigenvalue weighted by Gasteiger charge is -2.06. The average Bonchev–Trinajstić information content (AvgIpc) is 2.01. The molecule has 0 radical (unpaired) electrons. The summed E-state index contributed by atoms with van der Waals surface area (Å²) in [5, 5.41) is 0. The lowest BCUT2D eigenvalue weighted by molar-refractivity contribution is -0.0337. The molecule has 0 atom stereocenters. The fraction of sp³-hybridized carbons (Fsp3) is 1.00. The van der Waals surface area contributed by atoms with Crippen LogP contribution < -0.4 is 4.72 Å². The van der Waals surface area contributed by atoms with Crippen LogP contribution in [-0.2, 0) is 9.47 Å². The van der Waals surface area contributed by atoms with Gasteiger partial charge in [0.15, 0.2) is 0 Å². The van der Waals surface area contributed by atoms with E-state index in [1.807, 2.05) is 0 Å². The Balaban J connectivity index is 3.00. The number of methoxy groups -OCH3 is 1. The third-order valence-corrected chi connectivity index (χ3v) is 1.55. The van der Waals surface area contributed by atoms with Crippen molar-refractivity contribution in [2.75, 3.05) is 33.5 Å². The first-order valence-electron chi connectivity index (χ1n) is 3.60. The molecule has 0 aromatic carbocycles. The molecule has 13 heavy (non-hydrogen) atoms. The zero-order valence-electron chi connectivity index (χ0n) is 7.19. The number of halogens is 3. The molecule has 0 aromatic rings. The van der Waals surface area contributed by atoms with Crippen molar-refractivity contribution in [3.8, 4) is 0 Å². The van der Waals surface area contributed by atoms with Crippen molar-refractivity contribution in [3.05, 3.63) is 0 Å². The van der Waals surface area contributed by atoms with Crippen molar-refractivity contribution in [2.24, 2.45) is 0 Å². The SMILES string of the molecule is COCCOCCNSC(F)(F)F. The van der Waals surface area contributed by atoms with Crippen LogP contribution in [0.3, 0.4) is 0 Å². The normalized spacial score (nSPS) is 12.0. The maximum absolute atomic E-state index is 11.5. The quantitative estimate of drug-likeness (QED) is 0.518. The maximum atomic E-state index is 11.5. The van der Waals surface area contributed by atoms with E-state index in [1.165, 1.54) is 7.11 Å². The molecule has 0 aliphatic carbocycles. The van der Waals surface area contributed by atoms with Crippen molar-refractivity contribution in [1.29, 1.82) is 0 Å². The Bertz CT molecular complexity index is 123. The van der Waals surface area contributed by atoms with Crippen molar-refractivity contribution in [3.63, 3.8) is 0 Å². The van der Waals surface area contributed by atoms with Gasteiger partial charge in [-0.2, -0.15) is 13.2 Å². The molecular formula is C6H12F3NO2S. The Morgan fingerprint density at radius 3 is 2.46 bits per heavy atom. The first-order chi connectivity index (χ1) is 6.06. The second-order valence-electron chi connectivity index (χ2n) is 2.05. The van der Waals surface area contributed by atoms with Gasteiger partial charge in [0, 0.05) is 25.6 Å². The van der Waals surface area contributed by atoms with E-state index < -0.39 is 5.51 Å². The van der Waals surface area contributed by atoms with Crippen LogP contribution in [0.5, 0.6) is 0 Å². The topological polar surface area (TPSA) is 30.5 Å². The predicted octanol–water partition coefficient (Wildman–Crippen LogP) is 1.41. The van der Waals surface area contributed by atoms with Crippen LogP contribution in [0.1, 0.15) is 0 Å². The van der Waals surface area contributed by atoms with Gasteiger partial charge >= 0.3 is 5.51 Å². The summed E-state index contributed by atoms with van der Waals surface area (Å²) in [6.45, 7) is 1.25. The van der Waals surface area contributed by atoms with E-state index >= 15 is 0 Å². The first kappa shape index (κ1) is 13.0. The van der Waals surface area contributed by atoms with Crippen molar-refractivity contribution in [2.45, 2.75) is 5.51 Å². The van der Waals surface area contributed by atoms with E-state index in [0.29, 0.717) is 13.2 Å². The molecule has 0 saturated carbocycles. The minimum Gasteiger partial charge on any atom is -0.382 e. The lowest BCUT2D eigenvalue weighted by Crippen LogP contribution is -2.18. The summed E-state index contributed by atoms with van der Waals surface area (Å²) in [4.78, 5) is 0. The smallest absolute Gasteiger partial charge is 0.382 e. The fourth-order valence-electron chi connectivity index (χ4n) is 0.491. The molecule has 0 aromatic heterocycles. The molecule has 1 N–H and O–H groups in total. The molecule has 80 valence electrons. The molecule has 0 amide bonds. The molecule has 0 heterocycles. The van der Waals surface area contributed by atoms with E-state index in [9.17, 15) is 13.2 Å². The third-order valence-electron chi connectivity index (χ3n) is 0.968. The largest absolute Gasteiger partial charge is 0.456 e. The van der Waals surface area contributed by atoms with E-state index in [0.717, 1.165) is 0 Å². The molecule has 0 aliphatic rings. The van der Waals surface area contributed by atoms with Gasteiger partial charge in [0.05, 0.1) is 19.8 Å². The van der Waals surface area contributed by atoms with E-state index in [-0.39, 0.29) is 25.1 Å². The highest BCUT2D eigenvalue weighted by Gasteiger charge is 2.27. The van der Waals surface area contributed by atoms with Crippen molar-refractivity contribution >= 4 is 11.9 Å². The summed E-state index contributed by atoms with van der Waals surface area (Å²) < 4.78 is 46.3. The Morgan fingerprint density at radius 1 is 1.23 bits per heavy atom. The van der Waals surface area contributed by atoms with Crippen LogP contribution in [0.15, 0.2) is 0 Å². The van der Waals surface area contributed by atoms with Gasteiger partial charge in [-0.3, -0.25) is 4.72 Å². The van der Waals surface area contributed by atoms with Crippen LogP contribution in [0.2, 0.25) is 0 Å². The van der Waals surface area contributed by atoms with Gasteiger partial charge in [-0.1, -0.05) is 0 Å². The lowest BCUT2D eigenvalue weighted by atomic mass is 10.7. The minimum absolute atomic E-state index is 0.161. The molecule has 0 spiro atoms. The molecular weight excluding hydrogens is 207 g/mol. The highest BCUT2D eigenvalue weighted by atomic mass is 32.2. The molecule has 0 unspecified atom stereocenters. The number of nitrogens with one attached hydrogen (secondary N) is 1. The Hall–Kier alpha value is 0.0200. The summed E-state index contributed by atoms with van der Waals surface area (Å²) in [6.07, 6.45) is 0. The monoisotopic (exact) mass is 219 g/mol. The van der Waals surface area contributed by atoms with Crippen LogP contribution in [0.4, 0.5) is 13.2 Å². The van der Waals surface area contributed by atoms with Crippen molar-refractivity contribution < 1.29 is 22.6 Å². The summed E-state index contributed by atoms with van der Waals surface area (Å²) in [6, 6.07) is 0. The summed E-state index contributed by atoms with van der Waals surface area (Å²) in [7, 11) is 1.53. The van der Waals surface area contributed by atoms with E-state index in [4.69, 9.17) is 4.74 Å². The molecule has 7 heteroatoms. The van der Waals surface area contributed by atoms with E-state index in [1.54, 1.807) is 0 Å². The molecule has 0 rings (SSSR count). The number of hydrogen-bond donors (Lipinski definition) is 1. The Labute approximate surface area is 79.1 Å². The average molecular weight is 219 g/mol. The van der Waals surface area contributed by atoms with Gasteiger partial charge in [-0.05, 0) is 0 Å². The van der Waals surface area contributed by atoms with Gasteiger partial charge in [0.2, 0.25) is 0 Å². The van der Waals surface area contributed by atoms with Gasteiger partial charge < -0.3 is 9.47 Å². The van der Waals surface area contributed by atoms with Crippen LogP contribution in [-0.4, -0.2) is 39.0 Å². The van der Waals surface area contributed by atoms with Gasteiger partial charge in [0.1, 0.15) is 0 Å². The molecule has 0 bridgehead atoms. The Kier molecular flexibility index (Phi) is 7.44. The van der Waals surface area contributed by atoms with Crippen LogP contribution in [0, 0.1) is 0 Å². The first-order valence-corrected chi connectivity index (χ1v) is 4.42. The Morgan fingerprint density at radius 2 is 1.92 bits per heavy atom. The molecule has 3 nitrogen and oxygen atoms in total. The number of ether oxygens (including phenoxy) is 2. The number of alkyl halides is 3. The number of hydrogen-bond acceptors (Lipinski definition) is 4. The highest BCUT2D eigenvalue weighted by Crippen LogP contribution is 2.26. The molecule has 0 saturated heterocycles. The number of rotatable bonds is 7. The van der Waals surface area contributed by atoms with Gasteiger partial charge in [0.25, 0.3) is 0 Å². The second kappa shape index (κ2) is 7.43. The predicted molar refractivity (Wildman–Crippen MR) is 44.3 cm³/mol. The van der Waals surface area contributed by atoms with Crippen LogP contribution in [0.25, 0.3) is 0 Å². The van der Waals surface area contributed by atoms with Gasteiger partial charge in [-0.25, -0.2) is 0 Å². The molecule has 0 aliphatic heterocycles. The summed E-state index contributed by atoms with van der Waals surface area (Å²) in [5.74, 6) is 0. The minimum atomic E-state index is -4.23. The van der Waals surface area contributed by atoms with E-state index in [2.05, 4.69) is 9.46 Å². The van der Waals surface area contributed by atoms with Gasteiger partial charge in [-0.15, -0.1) is 0 Å². The zero-order valence-corrected chi connectivity index (χ0v) is 8.00. The summed E-state index contributed by atoms with van der Waals surface area (Å²) in [5.41, 5.74) is -4.23. The standard InChI is InChI=1S/C6H12F3NO2S/c1-11-4-5-12-3-2-10-13-6(7,8)9/h10H,2-5H2,1H3. The summed E-state index contributed by atoms with van der Waals surface area (Å²) >= 11 is -0.264. The zero-order chi connectivity index (χ0) is 10.2. The third kappa shape index (κ3) is 12.0. The second-order valence-corrected chi connectivity index (χ2v) is 3.00. The highest BCUT2D eigenvalue weighted by molar-refractivity contribution is 7.98.